The van der Waals surface area contributed by atoms with Crippen molar-refractivity contribution in [2.75, 3.05) is 13.1 Å². The Morgan fingerprint density at radius 2 is 1.86 bits per heavy atom. The van der Waals surface area contributed by atoms with Gasteiger partial charge in [0.1, 0.15) is 4.88 Å². The van der Waals surface area contributed by atoms with Gasteiger partial charge in [-0.25, -0.2) is 4.98 Å². The summed E-state index contributed by atoms with van der Waals surface area (Å²) in [7, 11) is 0. The minimum Gasteiger partial charge on any atom is -0.349 e. The van der Waals surface area contributed by atoms with Crippen LogP contribution in [0.1, 0.15) is 43.1 Å². The summed E-state index contributed by atoms with van der Waals surface area (Å²) in [6, 6.07) is 18.9. The second-order valence-electron chi connectivity index (χ2n) is 6.85. The number of benzene rings is 2. The minimum absolute atomic E-state index is 0. The van der Waals surface area contributed by atoms with E-state index >= 15 is 0 Å². The van der Waals surface area contributed by atoms with Crippen molar-refractivity contribution in [1.82, 2.24) is 15.6 Å². The molecular weight excluding hydrogens is 425 g/mol. The smallest absolute Gasteiger partial charge is 0.263 e. The number of nitrogens with one attached hydrogen (secondary N) is 2. The van der Waals surface area contributed by atoms with E-state index in [0.717, 1.165) is 30.1 Å². The molecule has 1 unspecified atom stereocenters. The maximum Gasteiger partial charge on any atom is 0.263 e. The highest BCUT2D eigenvalue weighted by Gasteiger charge is 2.21. The normalized spacial score (nSPS) is 14.9. The van der Waals surface area contributed by atoms with Crippen LogP contribution in [0.3, 0.4) is 0 Å². The number of amides is 1. The number of aromatic nitrogens is 1. The van der Waals surface area contributed by atoms with Gasteiger partial charge in [-0.2, -0.15) is 0 Å². The number of hydrogen-bond donors (Lipinski definition) is 2. The van der Waals surface area contributed by atoms with Crippen molar-refractivity contribution in [3.05, 3.63) is 86.9 Å². The van der Waals surface area contributed by atoms with Gasteiger partial charge in [-0.05, 0) is 36.6 Å². The predicted octanol–water partition coefficient (Wildman–Crippen LogP) is 4.50. The van der Waals surface area contributed by atoms with Crippen molar-refractivity contribution in [3.8, 4) is 0 Å². The molecule has 2 N–H and O–H groups in total. The highest BCUT2D eigenvalue weighted by atomic mass is 35.5. The Labute approximate surface area is 188 Å². The molecule has 29 heavy (non-hydrogen) atoms. The molecule has 1 aromatic heterocycles. The van der Waals surface area contributed by atoms with Crippen LogP contribution in [0.4, 0.5) is 0 Å². The van der Waals surface area contributed by atoms with Gasteiger partial charge < -0.3 is 10.6 Å². The van der Waals surface area contributed by atoms with Crippen molar-refractivity contribution in [3.63, 3.8) is 0 Å². The van der Waals surface area contributed by atoms with E-state index in [4.69, 9.17) is 0 Å². The lowest BCUT2D eigenvalue weighted by Gasteiger charge is -2.27. The van der Waals surface area contributed by atoms with E-state index in [-0.39, 0.29) is 36.8 Å². The molecule has 0 saturated heterocycles. The number of fused-ring (bicyclic) bond motifs is 1. The highest BCUT2D eigenvalue weighted by molar-refractivity contribution is 7.13. The SMILES string of the molecule is Cc1nc(Cc2ccccc2)sc1C(=O)NCC1NCCc2ccccc21.Cl.Cl. The number of nitrogens with zero attached hydrogens (tertiary/aromatic N) is 1. The molecule has 4 rings (SSSR count). The molecule has 1 aliphatic rings. The summed E-state index contributed by atoms with van der Waals surface area (Å²) in [5.41, 5.74) is 4.67. The zero-order valence-electron chi connectivity index (χ0n) is 16.2. The largest absolute Gasteiger partial charge is 0.349 e. The molecule has 1 aliphatic heterocycles. The van der Waals surface area contributed by atoms with Crippen molar-refractivity contribution in [2.24, 2.45) is 0 Å². The van der Waals surface area contributed by atoms with Crippen LogP contribution >= 0.6 is 36.2 Å². The van der Waals surface area contributed by atoms with Gasteiger partial charge in [-0.1, -0.05) is 54.6 Å². The van der Waals surface area contributed by atoms with Crippen LogP contribution in [0, 0.1) is 6.92 Å². The second kappa shape index (κ2) is 10.7. The van der Waals surface area contributed by atoms with E-state index in [9.17, 15) is 4.79 Å². The van der Waals surface area contributed by atoms with E-state index in [0.29, 0.717) is 11.4 Å². The first-order valence-corrected chi connectivity index (χ1v) is 10.1. The topological polar surface area (TPSA) is 54.0 Å². The Kier molecular flexibility index (Phi) is 8.65. The van der Waals surface area contributed by atoms with Crippen LogP contribution in [0.2, 0.25) is 0 Å². The van der Waals surface area contributed by atoms with Gasteiger partial charge in [0.25, 0.3) is 5.91 Å². The van der Waals surface area contributed by atoms with Crippen LogP contribution in [0.25, 0.3) is 0 Å². The van der Waals surface area contributed by atoms with E-state index in [2.05, 4.69) is 52.0 Å². The molecule has 0 bridgehead atoms. The fourth-order valence-electron chi connectivity index (χ4n) is 3.56. The van der Waals surface area contributed by atoms with E-state index in [1.807, 2.05) is 25.1 Å². The lowest BCUT2D eigenvalue weighted by molar-refractivity contribution is 0.0952. The van der Waals surface area contributed by atoms with Gasteiger partial charge in [-0.15, -0.1) is 36.2 Å². The van der Waals surface area contributed by atoms with Gasteiger partial charge >= 0.3 is 0 Å². The Morgan fingerprint density at radius 3 is 2.66 bits per heavy atom. The first-order chi connectivity index (χ1) is 13.2. The third-order valence-electron chi connectivity index (χ3n) is 4.93. The van der Waals surface area contributed by atoms with Crippen LogP contribution < -0.4 is 10.6 Å². The zero-order valence-corrected chi connectivity index (χ0v) is 18.6. The number of thiazole rings is 1. The van der Waals surface area contributed by atoms with Gasteiger partial charge in [0.05, 0.1) is 10.7 Å². The van der Waals surface area contributed by atoms with Gasteiger partial charge in [-0.3, -0.25) is 4.79 Å². The zero-order chi connectivity index (χ0) is 18.6. The van der Waals surface area contributed by atoms with Crippen molar-refractivity contribution >= 4 is 42.1 Å². The number of halogens is 2. The molecular formula is C22H25Cl2N3OS. The van der Waals surface area contributed by atoms with Crippen LogP contribution in [-0.2, 0) is 12.8 Å². The fourth-order valence-corrected chi connectivity index (χ4v) is 4.57. The van der Waals surface area contributed by atoms with E-state index in [1.165, 1.54) is 28.0 Å². The minimum atomic E-state index is -0.0332. The van der Waals surface area contributed by atoms with Crippen LogP contribution in [0.5, 0.6) is 0 Å². The van der Waals surface area contributed by atoms with Crippen LogP contribution in [0.15, 0.2) is 54.6 Å². The van der Waals surface area contributed by atoms with E-state index in [1.54, 1.807) is 0 Å². The standard InChI is InChI=1S/C22H23N3OS.2ClH/c1-15-21(27-20(25-15)13-16-7-3-2-4-8-16)22(26)24-14-19-18-10-6-5-9-17(18)11-12-23-19;;/h2-10,19,23H,11-14H2,1H3,(H,24,26);2*1H. The van der Waals surface area contributed by atoms with Crippen molar-refractivity contribution in [2.45, 2.75) is 25.8 Å². The maximum absolute atomic E-state index is 12.7. The molecule has 154 valence electrons. The number of aryl methyl sites for hydroxylation is 1. The molecule has 0 saturated carbocycles. The fraction of sp³-hybridized carbons (Fsp3) is 0.273. The molecule has 1 amide bonds. The number of carbonyl (C=O) groups excluding carboxylic acids is 1. The average Bonchev–Trinajstić information content (AvgIpc) is 3.07. The van der Waals surface area contributed by atoms with E-state index < -0.39 is 0 Å². The maximum atomic E-state index is 12.7. The van der Waals surface area contributed by atoms with Gasteiger partial charge in [0.2, 0.25) is 0 Å². The summed E-state index contributed by atoms with van der Waals surface area (Å²) in [5, 5.41) is 7.58. The monoisotopic (exact) mass is 449 g/mol. The molecule has 2 heterocycles. The molecule has 2 aromatic carbocycles. The molecule has 1 atom stereocenters. The third kappa shape index (κ3) is 5.58. The number of rotatable bonds is 5. The number of hydrogen-bond acceptors (Lipinski definition) is 4. The third-order valence-corrected chi connectivity index (χ3v) is 6.08. The Balaban J connectivity index is 0.00000150. The summed E-state index contributed by atoms with van der Waals surface area (Å²) in [6.45, 7) is 3.44. The quantitative estimate of drug-likeness (QED) is 0.602. The molecule has 4 nitrogen and oxygen atoms in total. The Morgan fingerprint density at radius 1 is 1.14 bits per heavy atom. The summed E-state index contributed by atoms with van der Waals surface area (Å²) in [6.07, 6.45) is 1.80. The Hall–Kier alpha value is -1.92. The van der Waals surface area contributed by atoms with Crippen LogP contribution in [-0.4, -0.2) is 24.0 Å². The summed E-state index contributed by atoms with van der Waals surface area (Å²) >= 11 is 1.49. The summed E-state index contributed by atoms with van der Waals surface area (Å²) in [4.78, 5) is 18.0. The summed E-state index contributed by atoms with van der Waals surface area (Å²) < 4.78 is 0. The molecule has 0 radical (unpaired) electrons. The molecule has 3 aromatic rings. The van der Waals surface area contributed by atoms with Gasteiger partial charge in [0, 0.05) is 19.0 Å². The lowest BCUT2D eigenvalue weighted by atomic mass is 9.94. The average molecular weight is 450 g/mol. The first kappa shape index (κ1) is 23.4. The predicted molar refractivity (Wildman–Crippen MR) is 124 cm³/mol. The van der Waals surface area contributed by atoms with Gasteiger partial charge in [0.15, 0.2) is 0 Å². The first-order valence-electron chi connectivity index (χ1n) is 9.30. The van der Waals surface area contributed by atoms with Crippen molar-refractivity contribution in [1.29, 1.82) is 0 Å². The molecule has 0 fully saturated rings. The highest BCUT2D eigenvalue weighted by Crippen LogP contribution is 2.23. The van der Waals surface area contributed by atoms with Crippen molar-refractivity contribution < 1.29 is 4.79 Å². The number of carbonyl (C=O) groups is 1. The second-order valence-corrected chi connectivity index (χ2v) is 7.93. The molecule has 7 heteroatoms. The lowest BCUT2D eigenvalue weighted by Crippen LogP contribution is -2.38. The summed E-state index contributed by atoms with van der Waals surface area (Å²) in [5.74, 6) is -0.0332. The molecule has 0 spiro atoms. The Bertz CT molecular complexity index is 946. The molecule has 0 aliphatic carbocycles.